The predicted molar refractivity (Wildman–Crippen MR) is 143 cm³/mol. The number of carbonyl (C=O) groups excluding carboxylic acids is 1. The first-order chi connectivity index (χ1) is 16.9. The van der Waals surface area contributed by atoms with Crippen LogP contribution in [0.25, 0.3) is 0 Å². The number of nitrogens with zero attached hydrogens (tertiary/aromatic N) is 1. The van der Waals surface area contributed by atoms with Gasteiger partial charge in [-0.1, -0.05) is 41.9 Å². The second-order valence-electron chi connectivity index (χ2n) is 8.24. The number of rotatable bonds is 3. The standard InChI is InChI=1S/C27H27ClFN5O/c1-3-23(28)26-31-17(2)30-20-8-6-7-18(13-20)11-12-19-14-21(32-26)16-22(15-19)33-27(35)34-25-10-5-4-9-24(25)29/h3-10,13-17,30H,11-12H2,1-2H3,(H,31,32)(H2,33,34,35)/b23-3+. The number of nitrogens with one attached hydrogen (secondary N) is 4. The van der Waals surface area contributed by atoms with Crippen molar-refractivity contribution in [3.63, 3.8) is 0 Å². The highest BCUT2D eigenvalue weighted by Crippen LogP contribution is 2.24. The molecule has 0 aliphatic carbocycles. The van der Waals surface area contributed by atoms with Gasteiger partial charge in [0.15, 0.2) is 0 Å². The van der Waals surface area contributed by atoms with Gasteiger partial charge >= 0.3 is 6.03 Å². The highest BCUT2D eigenvalue weighted by molar-refractivity contribution is 6.45. The van der Waals surface area contributed by atoms with Crippen molar-refractivity contribution >= 4 is 46.2 Å². The zero-order chi connectivity index (χ0) is 24.8. The van der Waals surface area contributed by atoms with Crippen LogP contribution in [0.4, 0.5) is 31.9 Å². The summed E-state index contributed by atoms with van der Waals surface area (Å²) in [6, 6.07) is 19.4. The molecule has 3 aromatic carbocycles. The Hall–Kier alpha value is -3.84. The van der Waals surface area contributed by atoms with E-state index in [2.05, 4.69) is 33.4 Å². The van der Waals surface area contributed by atoms with Crippen molar-refractivity contribution in [3.05, 3.63) is 94.8 Å². The van der Waals surface area contributed by atoms with E-state index < -0.39 is 11.8 Å². The molecule has 0 fully saturated rings. The molecule has 1 heterocycles. The van der Waals surface area contributed by atoms with Crippen molar-refractivity contribution < 1.29 is 9.18 Å². The molecule has 8 heteroatoms. The number of halogens is 2. The molecule has 1 unspecified atom stereocenters. The fourth-order valence-corrected chi connectivity index (χ4v) is 3.92. The van der Waals surface area contributed by atoms with Gasteiger partial charge in [0.2, 0.25) is 0 Å². The number of urea groups is 1. The van der Waals surface area contributed by atoms with Crippen molar-refractivity contribution in [1.82, 2.24) is 0 Å². The Morgan fingerprint density at radius 1 is 1.03 bits per heavy atom. The SMILES string of the molecule is C/C=C(Cl)\C1=N/C(C)Nc2cccc(c2)CCc2cc(NC(=O)Nc3ccccc3F)cc(c2)N1. The molecule has 0 saturated heterocycles. The van der Waals surface area contributed by atoms with Crippen LogP contribution in [0.15, 0.2) is 82.8 Å². The van der Waals surface area contributed by atoms with Crippen molar-refractivity contribution in [1.29, 1.82) is 0 Å². The maximum absolute atomic E-state index is 14.0. The first-order valence-electron chi connectivity index (χ1n) is 11.4. The van der Waals surface area contributed by atoms with Gasteiger partial charge in [0.05, 0.1) is 10.7 Å². The Morgan fingerprint density at radius 3 is 2.60 bits per heavy atom. The van der Waals surface area contributed by atoms with Crippen molar-refractivity contribution in [2.75, 3.05) is 21.3 Å². The van der Waals surface area contributed by atoms with Crippen LogP contribution in [0.5, 0.6) is 0 Å². The number of carbonyl (C=O) groups is 1. The van der Waals surface area contributed by atoms with E-state index in [1.54, 1.807) is 24.3 Å². The van der Waals surface area contributed by atoms with Gasteiger partial charge in [0.25, 0.3) is 0 Å². The van der Waals surface area contributed by atoms with E-state index >= 15 is 0 Å². The van der Waals surface area contributed by atoms with E-state index in [4.69, 9.17) is 16.6 Å². The number of anilines is 4. The van der Waals surface area contributed by atoms with Gasteiger partial charge in [-0.15, -0.1) is 0 Å². The summed E-state index contributed by atoms with van der Waals surface area (Å²) in [4.78, 5) is 17.3. The second-order valence-corrected chi connectivity index (χ2v) is 8.64. The molecular weight excluding hydrogens is 465 g/mol. The Morgan fingerprint density at radius 2 is 1.80 bits per heavy atom. The summed E-state index contributed by atoms with van der Waals surface area (Å²) in [7, 11) is 0. The Bertz CT molecular complexity index is 1290. The lowest BCUT2D eigenvalue weighted by molar-refractivity contribution is 0.262. The van der Waals surface area contributed by atoms with Gasteiger partial charge in [-0.2, -0.15) is 0 Å². The van der Waals surface area contributed by atoms with Gasteiger partial charge in [-0.05, 0) is 80.3 Å². The van der Waals surface area contributed by atoms with Crippen LogP contribution in [-0.4, -0.2) is 18.0 Å². The fraction of sp³-hybridized carbons (Fsp3) is 0.185. The topological polar surface area (TPSA) is 77.5 Å². The monoisotopic (exact) mass is 491 g/mol. The smallest absolute Gasteiger partial charge is 0.323 e. The van der Waals surface area contributed by atoms with Crippen LogP contribution in [0, 0.1) is 5.82 Å². The summed E-state index contributed by atoms with van der Waals surface area (Å²) in [6.07, 6.45) is 3.10. The molecule has 35 heavy (non-hydrogen) atoms. The third-order valence-corrected chi connectivity index (χ3v) is 5.84. The van der Waals surface area contributed by atoms with Crippen molar-refractivity contribution in [3.8, 4) is 0 Å². The van der Waals surface area contributed by atoms with Gasteiger partial charge in [0, 0.05) is 17.1 Å². The minimum absolute atomic E-state index is 0.105. The number of aliphatic imine (C=N–C) groups is 1. The molecule has 1 aliphatic rings. The van der Waals surface area contributed by atoms with Crippen LogP contribution >= 0.6 is 11.6 Å². The van der Waals surface area contributed by atoms with E-state index in [0.29, 0.717) is 16.6 Å². The van der Waals surface area contributed by atoms with Gasteiger partial charge in [-0.25, -0.2) is 14.2 Å². The van der Waals surface area contributed by atoms with E-state index in [1.807, 2.05) is 38.1 Å². The Labute approximate surface area is 209 Å². The molecule has 3 aromatic rings. The molecule has 4 bridgehead atoms. The zero-order valence-corrected chi connectivity index (χ0v) is 20.3. The number of hydrogen-bond donors (Lipinski definition) is 4. The predicted octanol–water partition coefficient (Wildman–Crippen LogP) is 6.98. The second kappa shape index (κ2) is 11.1. The summed E-state index contributed by atoms with van der Waals surface area (Å²) in [5.41, 5.74) is 4.56. The van der Waals surface area contributed by atoms with E-state index in [-0.39, 0.29) is 11.9 Å². The number of allylic oxidation sites excluding steroid dienone is 1. The van der Waals surface area contributed by atoms with Crippen LogP contribution in [0.1, 0.15) is 25.0 Å². The van der Waals surface area contributed by atoms with E-state index in [9.17, 15) is 9.18 Å². The van der Waals surface area contributed by atoms with Gasteiger partial charge in [-0.3, -0.25) is 0 Å². The minimum atomic E-state index is -0.540. The lowest BCUT2D eigenvalue weighted by Gasteiger charge is -2.16. The molecule has 0 aromatic heterocycles. The average molecular weight is 492 g/mol. The summed E-state index contributed by atoms with van der Waals surface area (Å²) < 4.78 is 14.0. The number of amidine groups is 1. The summed E-state index contributed by atoms with van der Waals surface area (Å²) >= 11 is 6.47. The van der Waals surface area contributed by atoms with E-state index in [0.717, 1.165) is 29.8 Å². The number of aryl methyl sites for hydroxylation is 2. The number of benzene rings is 3. The Kier molecular flexibility index (Phi) is 7.67. The molecule has 4 rings (SSSR count). The average Bonchev–Trinajstić information content (AvgIpc) is 2.83. The van der Waals surface area contributed by atoms with Gasteiger partial charge in [0.1, 0.15) is 17.8 Å². The summed E-state index contributed by atoms with van der Waals surface area (Å²) in [6.45, 7) is 3.79. The lowest BCUT2D eigenvalue weighted by Crippen LogP contribution is -2.21. The largest absolute Gasteiger partial charge is 0.364 e. The van der Waals surface area contributed by atoms with Crippen LogP contribution in [0.3, 0.4) is 0 Å². The Balaban J connectivity index is 1.66. The molecule has 0 spiro atoms. The molecule has 180 valence electrons. The van der Waals surface area contributed by atoms with Crippen molar-refractivity contribution in [2.45, 2.75) is 32.9 Å². The molecule has 0 radical (unpaired) electrons. The normalized spacial score (nSPS) is 17.3. The molecular formula is C27H27ClFN5O. The number of para-hydroxylation sites is 1. The third-order valence-electron chi connectivity index (χ3n) is 5.44. The number of hydrogen-bond acceptors (Lipinski definition) is 4. The highest BCUT2D eigenvalue weighted by atomic mass is 35.5. The van der Waals surface area contributed by atoms with Crippen LogP contribution in [0.2, 0.25) is 0 Å². The first-order valence-corrected chi connectivity index (χ1v) is 11.8. The molecule has 4 N–H and O–H groups in total. The fourth-order valence-electron chi connectivity index (χ4n) is 3.83. The quantitative estimate of drug-likeness (QED) is 0.319. The molecule has 1 aliphatic heterocycles. The lowest BCUT2D eigenvalue weighted by atomic mass is 10.0. The summed E-state index contributed by atoms with van der Waals surface area (Å²) in [5.74, 6) is -0.000405. The maximum Gasteiger partial charge on any atom is 0.323 e. The zero-order valence-electron chi connectivity index (χ0n) is 19.5. The minimum Gasteiger partial charge on any atom is -0.364 e. The molecule has 1 atom stereocenters. The number of amides is 2. The molecule has 6 nitrogen and oxygen atoms in total. The maximum atomic E-state index is 14.0. The molecule has 2 amide bonds. The van der Waals surface area contributed by atoms with Gasteiger partial charge < -0.3 is 21.3 Å². The number of fused-ring (bicyclic) bond motifs is 4. The van der Waals surface area contributed by atoms with Crippen LogP contribution in [-0.2, 0) is 12.8 Å². The summed E-state index contributed by atoms with van der Waals surface area (Å²) in [5, 5.41) is 12.5. The first kappa shape index (κ1) is 24.3. The molecule has 0 saturated carbocycles. The highest BCUT2D eigenvalue weighted by Gasteiger charge is 2.13. The van der Waals surface area contributed by atoms with Crippen molar-refractivity contribution in [2.24, 2.45) is 4.99 Å². The van der Waals surface area contributed by atoms with Crippen LogP contribution < -0.4 is 21.3 Å². The van der Waals surface area contributed by atoms with E-state index in [1.165, 1.54) is 17.7 Å². The third kappa shape index (κ3) is 6.61.